The van der Waals surface area contributed by atoms with E-state index in [2.05, 4.69) is 17.0 Å². The molecule has 21 heavy (non-hydrogen) atoms. The average Bonchev–Trinajstić information content (AvgIpc) is 3.17. The van der Waals surface area contributed by atoms with Crippen molar-refractivity contribution in [1.29, 1.82) is 0 Å². The van der Waals surface area contributed by atoms with Gasteiger partial charge in [0.1, 0.15) is 5.75 Å². The first-order valence-electron chi connectivity index (χ1n) is 7.83. The predicted octanol–water partition coefficient (Wildman–Crippen LogP) is 3.26. The highest BCUT2D eigenvalue weighted by atomic mass is 16.5. The molecule has 1 aliphatic carbocycles. The van der Waals surface area contributed by atoms with Crippen molar-refractivity contribution in [2.75, 3.05) is 25.1 Å². The van der Waals surface area contributed by atoms with Gasteiger partial charge in [0, 0.05) is 30.3 Å². The summed E-state index contributed by atoms with van der Waals surface area (Å²) in [6, 6.07) is 6.26. The zero-order valence-corrected chi connectivity index (χ0v) is 12.5. The largest absolute Gasteiger partial charge is 0.496 e. The van der Waals surface area contributed by atoms with Gasteiger partial charge in [-0.3, -0.25) is 4.79 Å². The Hall–Kier alpha value is -1.71. The van der Waals surface area contributed by atoms with E-state index in [4.69, 9.17) is 4.74 Å². The number of methoxy groups -OCH3 is 1. The molecular weight excluding hydrogens is 266 g/mol. The first-order chi connectivity index (χ1) is 10.2. The molecule has 1 unspecified atom stereocenters. The fourth-order valence-corrected chi connectivity index (χ4v) is 3.40. The molecule has 0 bridgehead atoms. The van der Waals surface area contributed by atoms with Crippen LogP contribution < -0.4 is 9.64 Å². The molecule has 3 rings (SSSR count). The van der Waals surface area contributed by atoms with Crippen LogP contribution in [0.15, 0.2) is 18.2 Å². The molecule has 4 heteroatoms. The van der Waals surface area contributed by atoms with E-state index in [1.165, 1.54) is 18.5 Å². The van der Waals surface area contributed by atoms with E-state index in [1.807, 2.05) is 6.07 Å². The van der Waals surface area contributed by atoms with E-state index in [9.17, 15) is 9.90 Å². The smallest absolute Gasteiger partial charge is 0.303 e. The lowest BCUT2D eigenvalue weighted by molar-refractivity contribution is -0.137. The minimum Gasteiger partial charge on any atom is -0.496 e. The van der Waals surface area contributed by atoms with Crippen molar-refractivity contribution in [2.24, 2.45) is 5.92 Å². The Morgan fingerprint density at radius 2 is 2.10 bits per heavy atom. The quantitative estimate of drug-likeness (QED) is 0.873. The van der Waals surface area contributed by atoms with Gasteiger partial charge in [0.05, 0.1) is 13.5 Å². The molecule has 114 valence electrons. The molecule has 1 heterocycles. The summed E-state index contributed by atoms with van der Waals surface area (Å²) in [5.41, 5.74) is 2.28. The Morgan fingerprint density at radius 1 is 1.38 bits per heavy atom. The van der Waals surface area contributed by atoms with Crippen LogP contribution in [-0.4, -0.2) is 31.3 Å². The molecule has 0 amide bonds. The number of carbonyl (C=O) groups is 1. The molecule has 2 fully saturated rings. The van der Waals surface area contributed by atoms with E-state index in [-0.39, 0.29) is 12.3 Å². The molecule has 1 aromatic rings. The summed E-state index contributed by atoms with van der Waals surface area (Å²) in [7, 11) is 1.67. The van der Waals surface area contributed by atoms with Crippen molar-refractivity contribution in [3.8, 4) is 5.75 Å². The zero-order chi connectivity index (χ0) is 14.8. The molecule has 2 aliphatic rings. The van der Waals surface area contributed by atoms with Gasteiger partial charge in [-0.15, -0.1) is 0 Å². The summed E-state index contributed by atoms with van der Waals surface area (Å²) in [5, 5.41) is 9.22. The third-order valence-electron chi connectivity index (χ3n) is 4.67. The van der Waals surface area contributed by atoms with Crippen molar-refractivity contribution >= 4 is 11.7 Å². The number of rotatable bonds is 6. The van der Waals surface area contributed by atoms with Gasteiger partial charge in [0.25, 0.3) is 0 Å². The van der Waals surface area contributed by atoms with Crippen LogP contribution in [-0.2, 0) is 4.79 Å². The lowest BCUT2D eigenvalue weighted by atomic mass is 9.90. The van der Waals surface area contributed by atoms with Crippen LogP contribution >= 0.6 is 0 Å². The second kappa shape index (κ2) is 5.96. The minimum absolute atomic E-state index is 0.0833. The maximum atomic E-state index is 11.2. The Balaban J connectivity index is 1.92. The highest BCUT2D eigenvalue weighted by molar-refractivity contribution is 5.69. The molecule has 0 spiro atoms. The van der Waals surface area contributed by atoms with E-state index in [0.717, 1.165) is 37.2 Å². The number of carboxylic acid groups (broad SMARTS) is 1. The van der Waals surface area contributed by atoms with Gasteiger partial charge < -0.3 is 14.7 Å². The summed E-state index contributed by atoms with van der Waals surface area (Å²) >= 11 is 0. The summed E-state index contributed by atoms with van der Waals surface area (Å²) < 4.78 is 5.49. The summed E-state index contributed by atoms with van der Waals surface area (Å²) in [5.74, 6) is 0.695. The second-order valence-electron chi connectivity index (χ2n) is 6.16. The van der Waals surface area contributed by atoms with Gasteiger partial charge in [0.15, 0.2) is 0 Å². The molecule has 1 saturated carbocycles. The number of carboxylic acids is 1. The van der Waals surface area contributed by atoms with Crippen molar-refractivity contribution in [3.05, 3.63) is 23.8 Å². The Morgan fingerprint density at radius 3 is 2.67 bits per heavy atom. The van der Waals surface area contributed by atoms with E-state index < -0.39 is 5.97 Å². The van der Waals surface area contributed by atoms with Crippen LogP contribution in [0.25, 0.3) is 0 Å². The average molecular weight is 289 g/mol. The van der Waals surface area contributed by atoms with Crippen molar-refractivity contribution < 1.29 is 14.6 Å². The van der Waals surface area contributed by atoms with Crippen molar-refractivity contribution in [1.82, 2.24) is 0 Å². The fourth-order valence-electron chi connectivity index (χ4n) is 3.40. The third kappa shape index (κ3) is 3.14. The van der Waals surface area contributed by atoms with Crippen LogP contribution in [0.1, 0.15) is 43.6 Å². The van der Waals surface area contributed by atoms with Crippen LogP contribution in [0.4, 0.5) is 5.69 Å². The monoisotopic (exact) mass is 289 g/mol. The number of hydrogen-bond donors (Lipinski definition) is 1. The number of hydrogen-bond acceptors (Lipinski definition) is 3. The van der Waals surface area contributed by atoms with Crippen LogP contribution in [0.3, 0.4) is 0 Å². The first kappa shape index (κ1) is 14.2. The lowest BCUT2D eigenvalue weighted by Gasteiger charge is -2.23. The number of aliphatic carboxylic acids is 1. The van der Waals surface area contributed by atoms with Crippen LogP contribution in [0.5, 0.6) is 5.75 Å². The normalized spacial score (nSPS) is 19.6. The highest BCUT2D eigenvalue weighted by Gasteiger charge is 2.35. The SMILES string of the molecule is COc1ccc(N2CCCC2)cc1C(CC(=O)O)C1CC1. The zero-order valence-electron chi connectivity index (χ0n) is 12.5. The summed E-state index contributed by atoms with van der Waals surface area (Å²) in [6.45, 7) is 2.19. The van der Waals surface area contributed by atoms with Crippen molar-refractivity contribution in [2.45, 2.75) is 38.0 Å². The highest BCUT2D eigenvalue weighted by Crippen LogP contribution is 2.47. The second-order valence-corrected chi connectivity index (χ2v) is 6.16. The fraction of sp³-hybridized carbons (Fsp3) is 0.588. The lowest BCUT2D eigenvalue weighted by Crippen LogP contribution is -2.18. The molecule has 4 nitrogen and oxygen atoms in total. The van der Waals surface area contributed by atoms with Gasteiger partial charge in [-0.05, 0) is 49.8 Å². The molecule has 0 aromatic heterocycles. The van der Waals surface area contributed by atoms with Crippen molar-refractivity contribution in [3.63, 3.8) is 0 Å². The van der Waals surface area contributed by atoms with E-state index in [1.54, 1.807) is 7.11 Å². The van der Waals surface area contributed by atoms with Crippen LogP contribution in [0, 0.1) is 5.92 Å². The maximum absolute atomic E-state index is 11.2. The molecule has 1 saturated heterocycles. The van der Waals surface area contributed by atoms with Crippen LogP contribution in [0.2, 0.25) is 0 Å². The van der Waals surface area contributed by atoms with E-state index in [0.29, 0.717) is 5.92 Å². The van der Waals surface area contributed by atoms with Gasteiger partial charge in [0.2, 0.25) is 0 Å². The number of anilines is 1. The Kier molecular flexibility index (Phi) is 4.04. The van der Waals surface area contributed by atoms with E-state index >= 15 is 0 Å². The van der Waals surface area contributed by atoms with Gasteiger partial charge in [-0.1, -0.05) is 0 Å². The number of nitrogens with zero attached hydrogens (tertiary/aromatic N) is 1. The molecule has 0 radical (unpaired) electrons. The topological polar surface area (TPSA) is 49.8 Å². The Bertz CT molecular complexity index is 519. The maximum Gasteiger partial charge on any atom is 0.303 e. The van der Waals surface area contributed by atoms with Gasteiger partial charge in [-0.25, -0.2) is 0 Å². The standard InChI is InChI=1S/C17H23NO3/c1-21-16-7-6-13(18-8-2-3-9-18)10-15(16)14(11-17(19)20)12-4-5-12/h6-7,10,12,14H,2-5,8-9,11H2,1H3,(H,19,20). The minimum atomic E-state index is -0.722. The number of benzene rings is 1. The van der Waals surface area contributed by atoms with Gasteiger partial charge in [-0.2, -0.15) is 0 Å². The predicted molar refractivity (Wildman–Crippen MR) is 82.2 cm³/mol. The molecule has 1 atom stereocenters. The Labute approximate surface area is 125 Å². The molecular formula is C17H23NO3. The first-order valence-corrected chi connectivity index (χ1v) is 7.83. The summed E-state index contributed by atoms with van der Waals surface area (Å²) in [6.07, 6.45) is 4.94. The molecule has 1 aromatic carbocycles. The number of ether oxygens (including phenoxy) is 1. The molecule has 1 N–H and O–H groups in total. The molecule has 1 aliphatic heterocycles. The summed E-state index contributed by atoms with van der Waals surface area (Å²) in [4.78, 5) is 13.6. The van der Waals surface area contributed by atoms with Gasteiger partial charge >= 0.3 is 5.97 Å². The third-order valence-corrected chi connectivity index (χ3v) is 4.67.